The highest BCUT2D eigenvalue weighted by molar-refractivity contribution is 5.92. The van der Waals surface area contributed by atoms with Crippen molar-refractivity contribution < 1.29 is 14.3 Å². The zero-order valence-corrected chi connectivity index (χ0v) is 10.1. The summed E-state index contributed by atoms with van der Waals surface area (Å²) in [5, 5.41) is 5.56. The minimum Gasteiger partial charge on any atom is -0.450 e. The Hall–Kier alpha value is -1.14. The Labute approximate surface area is 101 Å². The second-order valence-corrected chi connectivity index (χ2v) is 4.64. The summed E-state index contributed by atoms with van der Waals surface area (Å²) in [6.07, 6.45) is -0.654. The van der Waals surface area contributed by atoms with Crippen molar-refractivity contribution in [3.63, 3.8) is 0 Å². The monoisotopic (exact) mass is 241 g/mol. The van der Waals surface area contributed by atoms with Crippen molar-refractivity contribution in [3.8, 4) is 0 Å². The lowest BCUT2D eigenvalue weighted by Crippen LogP contribution is -2.40. The molecular weight excluding hydrogens is 222 g/mol. The Balaban J connectivity index is 1.71. The van der Waals surface area contributed by atoms with Gasteiger partial charge in [-0.3, -0.25) is 15.0 Å². The molecule has 0 aliphatic carbocycles. The molecule has 2 atom stereocenters. The second kappa shape index (κ2) is 5.46. The molecule has 0 aromatic carbocycles. The van der Waals surface area contributed by atoms with E-state index in [9.17, 15) is 9.59 Å². The van der Waals surface area contributed by atoms with Crippen molar-refractivity contribution in [3.05, 3.63) is 0 Å². The second-order valence-electron chi connectivity index (χ2n) is 4.64. The van der Waals surface area contributed by atoms with Crippen LogP contribution in [0.1, 0.15) is 6.92 Å². The van der Waals surface area contributed by atoms with Crippen molar-refractivity contribution in [2.45, 2.75) is 6.92 Å². The van der Waals surface area contributed by atoms with Crippen LogP contribution < -0.4 is 10.6 Å². The van der Waals surface area contributed by atoms with Gasteiger partial charge in [-0.15, -0.1) is 0 Å². The average molecular weight is 241 g/mol. The molecule has 6 nitrogen and oxygen atoms in total. The number of fused-ring (bicyclic) bond motifs is 1. The maximum atomic E-state index is 11.5. The first kappa shape index (κ1) is 12.3. The van der Waals surface area contributed by atoms with Crippen molar-refractivity contribution in [1.82, 2.24) is 15.5 Å². The zero-order valence-electron chi connectivity index (χ0n) is 10.1. The van der Waals surface area contributed by atoms with Gasteiger partial charge in [0.05, 0.1) is 13.2 Å². The van der Waals surface area contributed by atoms with E-state index >= 15 is 0 Å². The van der Waals surface area contributed by atoms with Crippen LogP contribution in [0.3, 0.4) is 0 Å². The van der Waals surface area contributed by atoms with Crippen LogP contribution >= 0.6 is 0 Å². The van der Waals surface area contributed by atoms with Gasteiger partial charge in [0, 0.05) is 13.1 Å². The number of rotatable bonds is 3. The maximum Gasteiger partial charge on any atom is 0.413 e. The third-order valence-corrected chi connectivity index (χ3v) is 3.35. The number of carbonyl (C=O) groups is 2. The highest BCUT2D eigenvalue weighted by Crippen LogP contribution is 2.25. The van der Waals surface area contributed by atoms with Gasteiger partial charge in [-0.25, -0.2) is 4.79 Å². The molecule has 2 rings (SSSR count). The highest BCUT2D eigenvalue weighted by atomic mass is 16.5. The molecule has 2 heterocycles. The molecule has 2 amide bonds. The summed E-state index contributed by atoms with van der Waals surface area (Å²) in [6, 6.07) is 0. The lowest BCUT2D eigenvalue weighted by Gasteiger charge is -2.15. The number of amides is 2. The molecule has 0 saturated carbocycles. The van der Waals surface area contributed by atoms with Crippen molar-refractivity contribution in [2.24, 2.45) is 11.8 Å². The van der Waals surface area contributed by atoms with Crippen LogP contribution in [0, 0.1) is 11.8 Å². The number of carbonyl (C=O) groups excluding carboxylic acids is 2. The summed E-state index contributed by atoms with van der Waals surface area (Å²) in [5.74, 6) is 1.03. The summed E-state index contributed by atoms with van der Waals surface area (Å²) >= 11 is 0. The van der Waals surface area contributed by atoms with E-state index in [-0.39, 0.29) is 19.1 Å². The van der Waals surface area contributed by atoms with Crippen LogP contribution in [0.15, 0.2) is 0 Å². The predicted octanol–water partition coefficient (Wildman–Crippen LogP) is -0.590. The minimum absolute atomic E-state index is 0.276. The van der Waals surface area contributed by atoms with E-state index in [4.69, 9.17) is 0 Å². The zero-order chi connectivity index (χ0) is 12.3. The molecule has 0 bridgehead atoms. The van der Waals surface area contributed by atoms with Crippen LogP contribution in [0.2, 0.25) is 0 Å². The van der Waals surface area contributed by atoms with Gasteiger partial charge in [0.15, 0.2) is 0 Å². The fourth-order valence-corrected chi connectivity index (χ4v) is 2.61. The first-order valence-corrected chi connectivity index (χ1v) is 6.08. The molecule has 2 saturated heterocycles. The topological polar surface area (TPSA) is 70.7 Å². The smallest absolute Gasteiger partial charge is 0.413 e. The van der Waals surface area contributed by atoms with E-state index in [2.05, 4.69) is 20.3 Å². The van der Waals surface area contributed by atoms with Gasteiger partial charge in [-0.2, -0.15) is 0 Å². The van der Waals surface area contributed by atoms with E-state index in [1.54, 1.807) is 6.92 Å². The van der Waals surface area contributed by atoms with Gasteiger partial charge in [-0.05, 0) is 31.8 Å². The molecule has 0 spiro atoms. The maximum absolute atomic E-state index is 11.5. The van der Waals surface area contributed by atoms with E-state index in [0.717, 1.165) is 26.2 Å². The molecule has 2 fully saturated rings. The van der Waals surface area contributed by atoms with E-state index in [0.29, 0.717) is 11.8 Å². The highest BCUT2D eigenvalue weighted by Gasteiger charge is 2.36. The van der Waals surface area contributed by atoms with Gasteiger partial charge >= 0.3 is 6.09 Å². The lowest BCUT2D eigenvalue weighted by molar-refractivity contribution is -0.121. The molecule has 6 heteroatoms. The van der Waals surface area contributed by atoms with Crippen LogP contribution in [0.25, 0.3) is 0 Å². The first-order chi connectivity index (χ1) is 8.19. The summed E-state index contributed by atoms with van der Waals surface area (Å²) in [7, 11) is 0. The Morgan fingerprint density at radius 2 is 2.00 bits per heavy atom. The fraction of sp³-hybridized carbons (Fsp3) is 0.818. The summed E-state index contributed by atoms with van der Waals surface area (Å²) in [4.78, 5) is 24.7. The van der Waals surface area contributed by atoms with E-state index < -0.39 is 6.09 Å². The molecule has 0 aromatic rings. The average Bonchev–Trinajstić information content (AvgIpc) is 2.77. The SMILES string of the molecule is CCOC(=O)NC(=O)CN1C[C@H]2CNC[C@H]2C1. The lowest BCUT2D eigenvalue weighted by atomic mass is 10.0. The Kier molecular flexibility index (Phi) is 3.96. The van der Waals surface area contributed by atoms with Gasteiger partial charge in [0.1, 0.15) is 0 Å². The molecule has 2 aliphatic heterocycles. The number of imide groups is 1. The van der Waals surface area contributed by atoms with Gasteiger partial charge in [0.25, 0.3) is 0 Å². The number of nitrogens with zero attached hydrogens (tertiary/aromatic N) is 1. The number of ether oxygens (including phenoxy) is 1. The third kappa shape index (κ3) is 3.17. The normalized spacial score (nSPS) is 27.8. The molecule has 0 aromatic heterocycles. The summed E-state index contributed by atoms with van der Waals surface area (Å²) in [5.41, 5.74) is 0. The summed E-state index contributed by atoms with van der Waals surface area (Å²) < 4.78 is 4.65. The Morgan fingerprint density at radius 3 is 2.59 bits per heavy atom. The largest absolute Gasteiger partial charge is 0.450 e. The van der Waals surface area contributed by atoms with Crippen molar-refractivity contribution in [2.75, 3.05) is 39.3 Å². The van der Waals surface area contributed by atoms with E-state index in [1.165, 1.54) is 0 Å². The number of hydrogen-bond acceptors (Lipinski definition) is 5. The van der Waals surface area contributed by atoms with Gasteiger partial charge in [0.2, 0.25) is 5.91 Å². The van der Waals surface area contributed by atoms with Crippen LogP contribution in [0.4, 0.5) is 4.79 Å². The van der Waals surface area contributed by atoms with Crippen LogP contribution in [-0.2, 0) is 9.53 Å². The van der Waals surface area contributed by atoms with Gasteiger partial charge in [-0.1, -0.05) is 0 Å². The number of alkyl carbamates (subject to hydrolysis) is 1. The molecule has 17 heavy (non-hydrogen) atoms. The standard InChI is InChI=1S/C11H19N3O3/c1-2-17-11(16)13-10(15)7-14-5-8-3-12-4-9(8)6-14/h8-9,12H,2-7H2,1H3,(H,13,15,16)/t8-,9+. The molecular formula is C11H19N3O3. The molecule has 2 N–H and O–H groups in total. The minimum atomic E-state index is -0.654. The predicted molar refractivity (Wildman–Crippen MR) is 61.5 cm³/mol. The third-order valence-electron chi connectivity index (χ3n) is 3.35. The number of nitrogens with one attached hydrogen (secondary N) is 2. The van der Waals surface area contributed by atoms with E-state index in [1.807, 2.05) is 0 Å². The number of likely N-dealkylation sites (tertiary alicyclic amines) is 1. The Bertz CT molecular complexity index is 296. The quantitative estimate of drug-likeness (QED) is 0.691. The molecule has 2 aliphatic rings. The Morgan fingerprint density at radius 1 is 1.35 bits per heavy atom. The van der Waals surface area contributed by atoms with Crippen LogP contribution in [0.5, 0.6) is 0 Å². The van der Waals surface area contributed by atoms with Crippen molar-refractivity contribution in [1.29, 1.82) is 0 Å². The van der Waals surface area contributed by atoms with Gasteiger partial charge < -0.3 is 10.1 Å². The van der Waals surface area contributed by atoms with Crippen LogP contribution in [-0.4, -0.2) is 56.2 Å². The first-order valence-electron chi connectivity index (χ1n) is 6.08. The number of hydrogen-bond donors (Lipinski definition) is 2. The molecule has 0 radical (unpaired) electrons. The molecule has 0 unspecified atom stereocenters. The van der Waals surface area contributed by atoms with Crippen molar-refractivity contribution >= 4 is 12.0 Å². The fourth-order valence-electron chi connectivity index (χ4n) is 2.61. The molecule has 96 valence electrons. The summed E-state index contributed by atoms with van der Waals surface area (Å²) in [6.45, 7) is 6.23.